The first-order chi connectivity index (χ1) is 19.0. The van der Waals surface area contributed by atoms with Crippen LogP contribution in [0.5, 0.6) is 0 Å². The molecule has 10 nitrogen and oxygen atoms in total. The molecule has 2 unspecified atom stereocenters. The van der Waals surface area contributed by atoms with Gasteiger partial charge in [0.05, 0.1) is 32.5 Å². The molecular weight excluding hydrogens is 518 g/mol. The van der Waals surface area contributed by atoms with Crippen molar-refractivity contribution in [1.29, 1.82) is 0 Å². The molecule has 0 aliphatic carbocycles. The topological polar surface area (TPSA) is 125 Å². The van der Waals surface area contributed by atoms with E-state index >= 15 is 0 Å². The Bertz CT molecular complexity index is 1170. The number of hydrogen-bond donors (Lipinski definition) is 1. The van der Waals surface area contributed by atoms with E-state index in [9.17, 15) is 14.4 Å². The number of Topliss-reactive ketones (excluding diaryl/α,β-unsaturated/α-hetero) is 1. The summed E-state index contributed by atoms with van der Waals surface area (Å²) in [5.41, 5.74) is 1.75. The van der Waals surface area contributed by atoms with Crippen LogP contribution in [-0.2, 0) is 30.2 Å². The maximum absolute atomic E-state index is 13.6. The first kappa shape index (κ1) is 31.5. The highest BCUT2D eigenvalue weighted by Crippen LogP contribution is 2.35. The van der Waals surface area contributed by atoms with Crippen LogP contribution < -0.4 is 0 Å². The van der Waals surface area contributed by atoms with Gasteiger partial charge in [0.1, 0.15) is 11.4 Å². The van der Waals surface area contributed by atoms with Gasteiger partial charge in [-0.05, 0) is 44.7 Å². The van der Waals surface area contributed by atoms with Crippen molar-refractivity contribution < 1.29 is 42.9 Å². The molecular formula is C30H41NO9. The summed E-state index contributed by atoms with van der Waals surface area (Å²) in [6.07, 6.45) is -1.26. The molecule has 0 bridgehead atoms. The summed E-state index contributed by atoms with van der Waals surface area (Å²) in [5.74, 6) is -1.01. The number of ketones is 1. The van der Waals surface area contributed by atoms with Crippen molar-refractivity contribution in [3.05, 3.63) is 47.4 Å². The molecule has 1 aliphatic rings. The highest BCUT2D eigenvalue weighted by Gasteiger charge is 2.54. The molecule has 1 fully saturated rings. The number of furan rings is 1. The molecule has 2 atom stereocenters. The van der Waals surface area contributed by atoms with Crippen LogP contribution in [0.1, 0.15) is 56.0 Å². The van der Waals surface area contributed by atoms with E-state index in [0.29, 0.717) is 38.4 Å². The molecule has 220 valence electrons. The number of carbonyl (C=O) groups excluding carboxylic acids is 3. The minimum atomic E-state index is -1.57. The first-order valence-electron chi connectivity index (χ1n) is 13.6. The number of aliphatic hydroxyl groups is 1. The lowest BCUT2D eigenvalue weighted by molar-refractivity contribution is -0.138. The number of aliphatic hydroxyl groups excluding tert-OH is 1. The molecule has 1 aromatic carbocycles. The fourth-order valence-electron chi connectivity index (χ4n) is 5.18. The van der Waals surface area contributed by atoms with Crippen molar-refractivity contribution in [2.24, 2.45) is 5.92 Å². The van der Waals surface area contributed by atoms with Gasteiger partial charge in [0, 0.05) is 25.7 Å². The van der Waals surface area contributed by atoms with Crippen LogP contribution in [0.3, 0.4) is 0 Å². The minimum absolute atomic E-state index is 0.0297. The number of amides is 2. The van der Waals surface area contributed by atoms with E-state index in [-0.39, 0.29) is 24.9 Å². The molecule has 1 saturated heterocycles. The van der Waals surface area contributed by atoms with E-state index < -0.39 is 35.5 Å². The molecule has 2 aromatic rings. The van der Waals surface area contributed by atoms with E-state index in [1.807, 2.05) is 45.0 Å². The van der Waals surface area contributed by atoms with Crippen molar-refractivity contribution in [2.75, 3.05) is 40.1 Å². The average molecular weight is 560 g/mol. The summed E-state index contributed by atoms with van der Waals surface area (Å²) in [5, 5.41) is 8.76. The summed E-state index contributed by atoms with van der Waals surface area (Å²) >= 11 is 0. The lowest BCUT2D eigenvalue weighted by Crippen LogP contribution is -2.53. The fraction of sp³-hybridized carbons (Fsp3) is 0.567. The number of hydrogen-bond acceptors (Lipinski definition) is 9. The molecule has 3 rings (SSSR count). The Kier molecular flexibility index (Phi) is 11.0. The van der Waals surface area contributed by atoms with E-state index in [0.717, 1.165) is 21.6 Å². The normalized spacial score (nSPS) is 17.4. The number of methoxy groups -OCH3 is 1. The molecule has 2 amide bonds. The van der Waals surface area contributed by atoms with Gasteiger partial charge >= 0.3 is 6.09 Å². The molecule has 1 aromatic heterocycles. The van der Waals surface area contributed by atoms with E-state index in [4.69, 9.17) is 28.5 Å². The lowest BCUT2D eigenvalue weighted by atomic mass is 9.88. The van der Waals surface area contributed by atoms with Gasteiger partial charge in [0.15, 0.2) is 5.76 Å². The second-order valence-corrected chi connectivity index (χ2v) is 10.7. The monoisotopic (exact) mass is 559 g/mol. The highest BCUT2D eigenvalue weighted by molar-refractivity contribution is 6.14. The Morgan fingerprint density at radius 1 is 1.10 bits per heavy atom. The van der Waals surface area contributed by atoms with Crippen molar-refractivity contribution >= 4 is 17.8 Å². The van der Waals surface area contributed by atoms with Crippen LogP contribution in [0.2, 0.25) is 0 Å². The van der Waals surface area contributed by atoms with Gasteiger partial charge in [0.2, 0.25) is 11.9 Å². The first-order valence-corrected chi connectivity index (χ1v) is 13.6. The molecule has 1 N–H and O–H groups in total. The number of aryl methyl sites for hydroxylation is 2. The zero-order valence-corrected chi connectivity index (χ0v) is 24.2. The van der Waals surface area contributed by atoms with Crippen molar-refractivity contribution in [3.8, 4) is 11.1 Å². The molecule has 2 heterocycles. The van der Waals surface area contributed by atoms with Crippen LogP contribution in [0.25, 0.3) is 11.1 Å². The average Bonchev–Trinajstić information content (AvgIpc) is 3.43. The van der Waals surface area contributed by atoms with Gasteiger partial charge in [-0.1, -0.05) is 43.7 Å². The lowest BCUT2D eigenvalue weighted by Gasteiger charge is -2.31. The van der Waals surface area contributed by atoms with Crippen LogP contribution >= 0.6 is 0 Å². The van der Waals surface area contributed by atoms with Gasteiger partial charge in [-0.3, -0.25) is 9.59 Å². The summed E-state index contributed by atoms with van der Waals surface area (Å²) in [4.78, 5) is 40.9. The summed E-state index contributed by atoms with van der Waals surface area (Å²) < 4.78 is 27.6. The number of rotatable bonds is 15. The third-order valence-corrected chi connectivity index (χ3v) is 6.79. The summed E-state index contributed by atoms with van der Waals surface area (Å²) in [6, 6.07) is 8.88. The van der Waals surface area contributed by atoms with Crippen molar-refractivity contribution in [2.45, 2.75) is 65.2 Å². The predicted molar refractivity (Wildman–Crippen MR) is 147 cm³/mol. The molecule has 0 radical (unpaired) electrons. The quantitative estimate of drug-likeness (QED) is 0.194. The number of carbonyl (C=O) groups is 3. The number of benzene rings is 1. The molecule has 1 aliphatic heterocycles. The second kappa shape index (κ2) is 14.0. The largest absolute Gasteiger partial charge is 0.457 e. The predicted octanol–water partition coefficient (Wildman–Crippen LogP) is 4.19. The summed E-state index contributed by atoms with van der Waals surface area (Å²) in [6.45, 7) is 10.7. The Hall–Kier alpha value is -3.05. The number of ether oxygens (including phenoxy) is 4. The van der Waals surface area contributed by atoms with Crippen LogP contribution in [0.4, 0.5) is 4.79 Å². The van der Waals surface area contributed by atoms with Gasteiger partial charge in [-0.2, -0.15) is 0 Å². The Morgan fingerprint density at radius 3 is 2.42 bits per heavy atom. The Balaban J connectivity index is 1.82. The number of cyclic esters (lactones) is 1. The zero-order chi connectivity index (χ0) is 29.4. The van der Waals surface area contributed by atoms with Gasteiger partial charge < -0.3 is 28.5 Å². The van der Waals surface area contributed by atoms with Gasteiger partial charge in [-0.15, -0.1) is 0 Å². The molecule has 0 saturated carbocycles. The standard InChI is InChI=1S/C30H41NO9/c1-19(2)27-30(4,5)40-29(35)31(27)28(34)26(36-6)25(33)24-18-22(21-10-7-9-20(3)17-21)23(39-24)11-8-13-37-15-16-38-14-12-32/h7,9-10,17-19,26-27,32H,8,11-16H2,1-6H3. The van der Waals surface area contributed by atoms with E-state index in [1.54, 1.807) is 19.9 Å². The second-order valence-electron chi connectivity index (χ2n) is 10.7. The van der Waals surface area contributed by atoms with Crippen LogP contribution in [0, 0.1) is 12.8 Å². The van der Waals surface area contributed by atoms with Gasteiger partial charge in [0.25, 0.3) is 5.91 Å². The highest BCUT2D eigenvalue weighted by atomic mass is 16.6. The Morgan fingerprint density at radius 2 is 1.80 bits per heavy atom. The molecule has 10 heteroatoms. The zero-order valence-electron chi connectivity index (χ0n) is 24.2. The van der Waals surface area contributed by atoms with Crippen LogP contribution in [0.15, 0.2) is 34.7 Å². The van der Waals surface area contributed by atoms with Crippen molar-refractivity contribution in [3.63, 3.8) is 0 Å². The van der Waals surface area contributed by atoms with E-state index in [2.05, 4.69) is 0 Å². The summed E-state index contributed by atoms with van der Waals surface area (Å²) in [7, 11) is 1.25. The Labute approximate surface area is 235 Å². The maximum Gasteiger partial charge on any atom is 0.417 e. The number of nitrogens with zero attached hydrogens (tertiary/aromatic N) is 1. The fourth-order valence-corrected chi connectivity index (χ4v) is 5.18. The molecule has 40 heavy (non-hydrogen) atoms. The minimum Gasteiger partial charge on any atom is -0.457 e. The third kappa shape index (κ3) is 7.37. The SMILES string of the molecule is COC(C(=O)c1cc(-c2cccc(C)c2)c(CCCOCCOCCO)o1)C(=O)N1C(=O)OC(C)(C)C1C(C)C. The van der Waals surface area contributed by atoms with E-state index in [1.165, 1.54) is 7.11 Å². The van der Waals surface area contributed by atoms with Crippen LogP contribution in [-0.4, -0.2) is 85.7 Å². The smallest absolute Gasteiger partial charge is 0.417 e. The number of imide groups is 1. The van der Waals surface area contributed by atoms with Gasteiger partial charge in [-0.25, -0.2) is 9.69 Å². The van der Waals surface area contributed by atoms with Crippen molar-refractivity contribution in [1.82, 2.24) is 4.90 Å². The third-order valence-electron chi connectivity index (χ3n) is 6.79. The molecule has 0 spiro atoms. The maximum atomic E-state index is 13.6.